The second kappa shape index (κ2) is 7.25. The normalized spacial score (nSPS) is 29.3. The average molecular weight is 366 g/mol. The van der Waals surface area contributed by atoms with Crippen molar-refractivity contribution in [2.24, 2.45) is 0 Å². The summed E-state index contributed by atoms with van der Waals surface area (Å²) >= 11 is 0. The molecule has 2 aliphatic rings. The van der Waals surface area contributed by atoms with Crippen LogP contribution in [-0.4, -0.2) is 60.3 Å². The van der Waals surface area contributed by atoms with E-state index in [-0.39, 0.29) is 13.2 Å². The van der Waals surface area contributed by atoms with Gasteiger partial charge in [-0.15, -0.1) is 0 Å². The van der Waals surface area contributed by atoms with E-state index in [0.29, 0.717) is 5.56 Å². The van der Waals surface area contributed by atoms with Crippen LogP contribution in [0.1, 0.15) is 38.1 Å². The maximum absolute atomic E-state index is 12.5. The molecule has 4 atom stereocenters. The Kier molecular flexibility index (Phi) is 5.37. The van der Waals surface area contributed by atoms with E-state index in [4.69, 9.17) is 23.7 Å². The molecule has 0 amide bonds. The predicted molar refractivity (Wildman–Crippen MR) is 91.5 cm³/mol. The molecule has 7 heteroatoms. The molecular weight excluding hydrogens is 340 g/mol. The van der Waals surface area contributed by atoms with Crippen molar-refractivity contribution in [3.8, 4) is 0 Å². The van der Waals surface area contributed by atoms with Gasteiger partial charge in [0.15, 0.2) is 17.7 Å². The zero-order valence-corrected chi connectivity index (χ0v) is 15.5. The Labute approximate surface area is 153 Å². The highest BCUT2D eigenvalue weighted by Crippen LogP contribution is 2.31. The third-order valence-electron chi connectivity index (χ3n) is 4.40. The first-order valence-corrected chi connectivity index (χ1v) is 8.74. The number of ether oxygens (including phenoxy) is 5. The van der Waals surface area contributed by atoms with Crippen molar-refractivity contribution in [1.82, 2.24) is 0 Å². The van der Waals surface area contributed by atoms with E-state index in [2.05, 4.69) is 0 Å². The van der Waals surface area contributed by atoms with Crippen molar-refractivity contribution in [2.45, 2.75) is 63.7 Å². The van der Waals surface area contributed by atoms with E-state index in [0.717, 1.165) is 0 Å². The van der Waals surface area contributed by atoms with Crippen LogP contribution < -0.4 is 0 Å². The van der Waals surface area contributed by atoms with Crippen molar-refractivity contribution in [1.29, 1.82) is 0 Å². The Morgan fingerprint density at radius 3 is 2.08 bits per heavy atom. The average Bonchev–Trinajstić information content (AvgIpc) is 3.14. The van der Waals surface area contributed by atoms with E-state index >= 15 is 0 Å². The molecule has 2 aliphatic heterocycles. The van der Waals surface area contributed by atoms with Gasteiger partial charge in [0.1, 0.15) is 18.3 Å². The summed E-state index contributed by atoms with van der Waals surface area (Å²) in [5, 5.41) is 10.8. The number of carbonyl (C=O) groups is 1. The molecule has 7 nitrogen and oxygen atoms in total. The lowest BCUT2D eigenvalue weighted by atomic mass is 10.0. The molecule has 0 bridgehead atoms. The summed E-state index contributed by atoms with van der Waals surface area (Å²) in [4.78, 5) is 12.5. The fraction of sp³-hybridized carbons (Fsp3) is 0.632. The molecule has 1 N–H and O–H groups in total. The first-order valence-electron chi connectivity index (χ1n) is 8.74. The van der Waals surface area contributed by atoms with E-state index in [1.165, 1.54) is 0 Å². The third kappa shape index (κ3) is 4.42. The number of hydrogen-bond acceptors (Lipinski definition) is 7. The van der Waals surface area contributed by atoms with Gasteiger partial charge in [-0.05, 0) is 39.8 Å². The maximum Gasteiger partial charge on any atom is 0.338 e. The zero-order chi connectivity index (χ0) is 18.9. The second-order valence-electron chi connectivity index (χ2n) is 7.46. The van der Waals surface area contributed by atoms with Gasteiger partial charge in [0, 0.05) is 0 Å². The van der Waals surface area contributed by atoms with Gasteiger partial charge in [0.25, 0.3) is 0 Å². The summed E-state index contributed by atoms with van der Waals surface area (Å²) in [5.74, 6) is -2.15. The van der Waals surface area contributed by atoms with Crippen LogP contribution >= 0.6 is 0 Å². The monoisotopic (exact) mass is 366 g/mol. The van der Waals surface area contributed by atoms with Crippen molar-refractivity contribution in [2.75, 3.05) is 13.2 Å². The minimum absolute atomic E-state index is 0.199. The number of rotatable bonds is 5. The maximum atomic E-state index is 12.5. The fourth-order valence-corrected chi connectivity index (χ4v) is 3.10. The molecule has 26 heavy (non-hydrogen) atoms. The zero-order valence-electron chi connectivity index (χ0n) is 15.5. The van der Waals surface area contributed by atoms with Gasteiger partial charge in [0.2, 0.25) is 0 Å². The van der Waals surface area contributed by atoms with Crippen LogP contribution in [0.3, 0.4) is 0 Å². The summed E-state index contributed by atoms with van der Waals surface area (Å²) in [7, 11) is 0. The molecule has 0 saturated carbocycles. The number of aliphatic hydroxyl groups excluding tert-OH is 1. The minimum atomic E-state index is -1.12. The minimum Gasteiger partial charge on any atom is -0.453 e. The first kappa shape index (κ1) is 19.3. The molecule has 2 heterocycles. The van der Waals surface area contributed by atoms with Crippen LogP contribution in [0.4, 0.5) is 0 Å². The van der Waals surface area contributed by atoms with Crippen molar-refractivity contribution >= 4 is 5.97 Å². The van der Waals surface area contributed by atoms with Gasteiger partial charge < -0.3 is 28.8 Å². The topological polar surface area (TPSA) is 83.5 Å². The van der Waals surface area contributed by atoms with Crippen LogP contribution in [0.15, 0.2) is 30.3 Å². The summed E-state index contributed by atoms with van der Waals surface area (Å²) in [6.45, 7) is 7.48. The molecule has 0 radical (unpaired) electrons. The second-order valence-corrected chi connectivity index (χ2v) is 7.46. The standard InChI is InChI=1S/C19H26O7/c1-18(2)22-10-13(25-18)15(20)16(14-11-23-19(3,4)26-14)24-17(21)12-8-6-5-7-9-12/h5-9,13-16,20H,10-11H2,1-4H3/t13-,14-,15-,16+/m0/s1. The summed E-state index contributed by atoms with van der Waals surface area (Å²) < 4.78 is 28.3. The Morgan fingerprint density at radius 1 is 1.04 bits per heavy atom. The van der Waals surface area contributed by atoms with Gasteiger partial charge in [0.05, 0.1) is 18.8 Å². The van der Waals surface area contributed by atoms with Crippen LogP contribution in [-0.2, 0) is 23.7 Å². The molecule has 2 saturated heterocycles. The first-order chi connectivity index (χ1) is 12.2. The molecule has 0 aliphatic carbocycles. The van der Waals surface area contributed by atoms with Crippen LogP contribution in [0, 0.1) is 0 Å². The Bertz CT molecular complexity index is 628. The molecule has 0 aromatic heterocycles. The number of benzene rings is 1. The Morgan fingerprint density at radius 2 is 1.58 bits per heavy atom. The molecule has 0 unspecified atom stereocenters. The number of carbonyl (C=O) groups excluding carboxylic acids is 1. The summed E-state index contributed by atoms with van der Waals surface area (Å²) in [5.41, 5.74) is 0.395. The highest BCUT2D eigenvalue weighted by atomic mass is 16.8. The van der Waals surface area contributed by atoms with Crippen LogP contribution in [0.5, 0.6) is 0 Å². The smallest absolute Gasteiger partial charge is 0.338 e. The van der Waals surface area contributed by atoms with Crippen molar-refractivity contribution in [3.05, 3.63) is 35.9 Å². The molecule has 1 aromatic rings. The Balaban J connectivity index is 1.77. The fourth-order valence-electron chi connectivity index (χ4n) is 3.10. The highest BCUT2D eigenvalue weighted by molar-refractivity contribution is 5.89. The number of esters is 1. The SMILES string of the molecule is CC1(C)OC[C@@H]([C@H](O)[C@H](OC(=O)c2ccccc2)[C@@H]2COC(C)(C)O2)O1. The van der Waals surface area contributed by atoms with Gasteiger partial charge in [-0.25, -0.2) is 4.79 Å². The lowest BCUT2D eigenvalue weighted by Gasteiger charge is -2.31. The van der Waals surface area contributed by atoms with Crippen molar-refractivity contribution in [3.63, 3.8) is 0 Å². The molecule has 1 aromatic carbocycles. The van der Waals surface area contributed by atoms with E-state index in [9.17, 15) is 9.90 Å². The highest BCUT2D eigenvalue weighted by Gasteiger charge is 2.48. The quantitative estimate of drug-likeness (QED) is 0.797. The summed E-state index contributed by atoms with van der Waals surface area (Å²) in [6.07, 6.45) is -3.32. The predicted octanol–water partition coefficient (Wildman–Crippen LogP) is 1.88. The molecule has 0 spiro atoms. The third-order valence-corrected chi connectivity index (χ3v) is 4.40. The largest absolute Gasteiger partial charge is 0.453 e. The van der Waals surface area contributed by atoms with Crippen LogP contribution in [0.2, 0.25) is 0 Å². The lowest BCUT2D eigenvalue weighted by molar-refractivity contribution is -0.184. The van der Waals surface area contributed by atoms with Crippen molar-refractivity contribution < 1.29 is 33.6 Å². The number of hydrogen-bond donors (Lipinski definition) is 1. The Hall–Kier alpha value is -1.51. The molecular formula is C19H26O7. The van der Waals surface area contributed by atoms with Crippen LogP contribution in [0.25, 0.3) is 0 Å². The molecule has 144 valence electrons. The van der Waals surface area contributed by atoms with E-state index in [1.54, 1.807) is 52.0 Å². The van der Waals surface area contributed by atoms with Gasteiger partial charge in [-0.3, -0.25) is 0 Å². The lowest BCUT2D eigenvalue weighted by Crippen LogP contribution is -2.49. The van der Waals surface area contributed by atoms with Gasteiger partial charge in [-0.2, -0.15) is 0 Å². The van der Waals surface area contributed by atoms with E-state index < -0.39 is 42.0 Å². The molecule has 3 rings (SSSR count). The number of aliphatic hydroxyl groups is 1. The summed E-state index contributed by atoms with van der Waals surface area (Å²) in [6, 6.07) is 8.61. The van der Waals surface area contributed by atoms with E-state index in [1.807, 2.05) is 6.07 Å². The molecule has 2 fully saturated rings. The van der Waals surface area contributed by atoms with Gasteiger partial charge >= 0.3 is 5.97 Å². The van der Waals surface area contributed by atoms with Gasteiger partial charge in [-0.1, -0.05) is 18.2 Å².